The Morgan fingerprint density at radius 1 is 1.20 bits per heavy atom. The minimum absolute atomic E-state index is 0.292. The number of aldehydes is 1. The van der Waals surface area contributed by atoms with E-state index in [0.29, 0.717) is 23.2 Å². The van der Waals surface area contributed by atoms with Gasteiger partial charge in [-0.15, -0.1) is 0 Å². The molecule has 0 saturated carbocycles. The molecule has 0 amide bonds. The third-order valence-corrected chi connectivity index (χ3v) is 4.22. The van der Waals surface area contributed by atoms with Gasteiger partial charge in [0.05, 0.1) is 29.3 Å². The highest BCUT2D eigenvalue weighted by atomic mass is 19.1. The van der Waals surface area contributed by atoms with Crippen LogP contribution < -0.4 is 0 Å². The smallest absolute Gasteiger partial charge is 0.153 e. The zero-order chi connectivity index (χ0) is 17.4. The molecule has 5 nitrogen and oxygen atoms in total. The Balaban J connectivity index is 1.71. The highest BCUT2D eigenvalue weighted by Crippen LogP contribution is 2.24. The number of pyridine rings is 1. The summed E-state index contributed by atoms with van der Waals surface area (Å²) in [5.41, 5.74) is 4.13. The lowest BCUT2D eigenvalue weighted by Gasteiger charge is -2.08. The second-order valence-electron chi connectivity index (χ2n) is 5.91. The predicted octanol–water partition coefficient (Wildman–Crippen LogP) is 3.44. The summed E-state index contributed by atoms with van der Waals surface area (Å²) < 4.78 is 18.1. The third kappa shape index (κ3) is 2.71. The Bertz CT molecular complexity index is 1080. The second-order valence-corrected chi connectivity index (χ2v) is 5.91. The van der Waals surface area contributed by atoms with Gasteiger partial charge in [-0.05, 0) is 23.8 Å². The largest absolute Gasteiger partial charge is 0.341 e. The summed E-state index contributed by atoms with van der Waals surface area (Å²) in [7, 11) is 1.82. The lowest BCUT2D eigenvalue weighted by Crippen LogP contribution is -2.01. The Morgan fingerprint density at radius 3 is 2.80 bits per heavy atom. The van der Waals surface area contributed by atoms with Crippen LogP contribution in [0.25, 0.3) is 22.2 Å². The quantitative estimate of drug-likeness (QED) is 0.537. The first-order chi connectivity index (χ1) is 12.2. The Hall–Kier alpha value is -3.28. The number of carbonyl (C=O) groups is 1. The van der Waals surface area contributed by atoms with Crippen molar-refractivity contribution in [3.05, 3.63) is 72.1 Å². The zero-order valence-corrected chi connectivity index (χ0v) is 13.6. The molecule has 4 rings (SSSR count). The van der Waals surface area contributed by atoms with E-state index in [2.05, 4.69) is 10.1 Å². The molecule has 6 heteroatoms. The summed E-state index contributed by atoms with van der Waals surface area (Å²) in [6, 6.07) is 8.82. The van der Waals surface area contributed by atoms with Crippen LogP contribution in [-0.4, -0.2) is 25.6 Å². The van der Waals surface area contributed by atoms with E-state index in [1.54, 1.807) is 35.4 Å². The van der Waals surface area contributed by atoms with E-state index in [0.717, 1.165) is 22.9 Å². The molecule has 0 fully saturated rings. The molecule has 0 radical (unpaired) electrons. The zero-order valence-electron chi connectivity index (χ0n) is 13.6. The van der Waals surface area contributed by atoms with Gasteiger partial charge in [-0.3, -0.25) is 14.5 Å². The van der Waals surface area contributed by atoms with Gasteiger partial charge in [-0.2, -0.15) is 5.10 Å². The van der Waals surface area contributed by atoms with Crippen LogP contribution in [-0.2, 0) is 13.6 Å². The van der Waals surface area contributed by atoms with Gasteiger partial charge in [0.15, 0.2) is 6.29 Å². The van der Waals surface area contributed by atoms with Gasteiger partial charge in [0.2, 0.25) is 0 Å². The van der Waals surface area contributed by atoms with E-state index in [9.17, 15) is 9.18 Å². The van der Waals surface area contributed by atoms with Gasteiger partial charge < -0.3 is 4.57 Å². The SMILES string of the molecule is Cn1cc(-c2ccc(Cn3cc(C=O)c4ncccc43)c(F)c2)cn1. The Morgan fingerprint density at radius 2 is 2.08 bits per heavy atom. The van der Waals surface area contributed by atoms with Crippen LogP contribution in [0.4, 0.5) is 4.39 Å². The fourth-order valence-electron chi connectivity index (χ4n) is 2.98. The maximum Gasteiger partial charge on any atom is 0.153 e. The maximum absolute atomic E-state index is 14.6. The minimum Gasteiger partial charge on any atom is -0.341 e. The number of hydrogen-bond acceptors (Lipinski definition) is 3. The molecule has 0 aliphatic heterocycles. The molecule has 3 aromatic heterocycles. The molecule has 0 bridgehead atoms. The van der Waals surface area contributed by atoms with Crippen molar-refractivity contribution in [1.29, 1.82) is 0 Å². The van der Waals surface area contributed by atoms with Gasteiger partial charge in [0.25, 0.3) is 0 Å². The van der Waals surface area contributed by atoms with Crippen molar-refractivity contribution in [2.24, 2.45) is 7.05 Å². The Labute approximate surface area is 143 Å². The number of hydrogen-bond donors (Lipinski definition) is 0. The molecule has 3 heterocycles. The van der Waals surface area contributed by atoms with Crippen LogP contribution in [0.5, 0.6) is 0 Å². The van der Waals surface area contributed by atoms with Crippen molar-refractivity contribution in [3.63, 3.8) is 0 Å². The number of carbonyl (C=O) groups excluding carboxylic acids is 1. The van der Waals surface area contributed by atoms with Crippen molar-refractivity contribution in [2.75, 3.05) is 0 Å². The normalized spacial score (nSPS) is 11.1. The first-order valence-electron chi connectivity index (χ1n) is 7.82. The standard InChI is InChI=1S/C19H15FN4O/c1-23-9-15(8-22-23)13-4-5-14(17(20)7-13)10-24-11-16(12-25)19-18(24)3-2-6-21-19/h2-9,11-12H,10H2,1H3. The molecule has 124 valence electrons. The molecule has 0 saturated heterocycles. The van der Waals surface area contributed by atoms with Crippen molar-refractivity contribution < 1.29 is 9.18 Å². The monoisotopic (exact) mass is 334 g/mol. The molecule has 1 aromatic carbocycles. The summed E-state index contributed by atoms with van der Waals surface area (Å²) in [5.74, 6) is -0.292. The van der Waals surface area contributed by atoms with E-state index >= 15 is 0 Å². The third-order valence-electron chi connectivity index (χ3n) is 4.22. The average molecular weight is 334 g/mol. The number of aromatic nitrogens is 4. The number of fused-ring (bicyclic) bond motifs is 1. The van der Waals surface area contributed by atoms with Crippen molar-refractivity contribution in [3.8, 4) is 11.1 Å². The van der Waals surface area contributed by atoms with Crippen LogP contribution in [0, 0.1) is 5.82 Å². The molecule has 0 unspecified atom stereocenters. The van der Waals surface area contributed by atoms with Crippen LogP contribution in [0.3, 0.4) is 0 Å². The van der Waals surface area contributed by atoms with Gasteiger partial charge in [-0.25, -0.2) is 4.39 Å². The lowest BCUT2D eigenvalue weighted by atomic mass is 10.1. The maximum atomic E-state index is 14.6. The number of rotatable bonds is 4. The van der Waals surface area contributed by atoms with Crippen molar-refractivity contribution >= 4 is 17.3 Å². The van der Waals surface area contributed by atoms with E-state index in [4.69, 9.17) is 0 Å². The fraction of sp³-hybridized carbons (Fsp3) is 0.105. The van der Waals surface area contributed by atoms with Gasteiger partial charge in [-0.1, -0.05) is 12.1 Å². The van der Waals surface area contributed by atoms with Crippen molar-refractivity contribution in [2.45, 2.75) is 6.54 Å². The summed E-state index contributed by atoms with van der Waals surface area (Å²) in [5, 5.41) is 4.11. The molecule has 4 aromatic rings. The predicted molar refractivity (Wildman–Crippen MR) is 92.8 cm³/mol. The first-order valence-corrected chi connectivity index (χ1v) is 7.82. The summed E-state index contributed by atoms with van der Waals surface area (Å²) in [6.07, 6.45) is 7.67. The van der Waals surface area contributed by atoms with Crippen LogP contribution in [0.1, 0.15) is 15.9 Å². The highest BCUT2D eigenvalue weighted by Gasteiger charge is 2.12. The van der Waals surface area contributed by atoms with E-state index < -0.39 is 0 Å². The highest BCUT2D eigenvalue weighted by molar-refractivity contribution is 5.94. The van der Waals surface area contributed by atoms with E-state index in [1.165, 1.54) is 6.07 Å². The number of halogens is 1. The molecular formula is C19H15FN4O. The molecule has 0 aliphatic rings. The molecular weight excluding hydrogens is 319 g/mol. The fourth-order valence-corrected chi connectivity index (χ4v) is 2.98. The van der Waals surface area contributed by atoms with Crippen LogP contribution in [0.2, 0.25) is 0 Å². The molecule has 0 N–H and O–H groups in total. The van der Waals surface area contributed by atoms with E-state index in [1.807, 2.05) is 29.9 Å². The van der Waals surface area contributed by atoms with Gasteiger partial charge in [0, 0.05) is 36.8 Å². The topological polar surface area (TPSA) is 52.7 Å². The first kappa shape index (κ1) is 15.3. The van der Waals surface area contributed by atoms with Gasteiger partial charge in [0.1, 0.15) is 5.82 Å². The van der Waals surface area contributed by atoms with Gasteiger partial charge >= 0.3 is 0 Å². The van der Waals surface area contributed by atoms with Crippen LogP contribution in [0.15, 0.2) is 55.1 Å². The number of aryl methyl sites for hydroxylation is 1. The summed E-state index contributed by atoms with van der Waals surface area (Å²) >= 11 is 0. The Kier molecular flexibility index (Phi) is 3.65. The average Bonchev–Trinajstić information content (AvgIpc) is 3.21. The van der Waals surface area contributed by atoms with E-state index in [-0.39, 0.29) is 5.82 Å². The second kappa shape index (κ2) is 5.98. The van der Waals surface area contributed by atoms with Crippen molar-refractivity contribution in [1.82, 2.24) is 19.3 Å². The summed E-state index contributed by atoms with van der Waals surface area (Å²) in [6.45, 7) is 0.329. The molecule has 0 spiro atoms. The molecule has 0 aliphatic carbocycles. The van der Waals surface area contributed by atoms with Crippen LogP contribution >= 0.6 is 0 Å². The number of benzene rings is 1. The molecule has 0 atom stereocenters. The number of nitrogens with zero attached hydrogens (tertiary/aromatic N) is 4. The lowest BCUT2D eigenvalue weighted by molar-refractivity contribution is 0.112. The summed E-state index contributed by atoms with van der Waals surface area (Å²) in [4.78, 5) is 15.5. The minimum atomic E-state index is -0.292. The molecule has 25 heavy (non-hydrogen) atoms.